The van der Waals surface area contributed by atoms with Crippen molar-refractivity contribution in [2.45, 2.75) is 18.5 Å². The Bertz CT molecular complexity index is 863. The predicted molar refractivity (Wildman–Crippen MR) is 109 cm³/mol. The van der Waals surface area contributed by atoms with E-state index < -0.39 is 6.29 Å². The van der Waals surface area contributed by atoms with Crippen molar-refractivity contribution in [3.05, 3.63) is 89.5 Å². The zero-order chi connectivity index (χ0) is 20.2. The monoisotopic (exact) mass is 392 g/mol. The highest BCUT2D eigenvalue weighted by Gasteiger charge is 2.39. The van der Waals surface area contributed by atoms with Crippen molar-refractivity contribution in [2.24, 2.45) is 0 Å². The second-order valence-corrected chi connectivity index (χ2v) is 6.76. The first-order chi connectivity index (χ1) is 14.2. The molecule has 1 aliphatic heterocycles. The van der Waals surface area contributed by atoms with Crippen LogP contribution >= 0.6 is 0 Å². The van der Waals surface area contributed by atoms with E-state index >= 15 is 0 Å². The van der Waals surface area contributed by atoms with Gasteiger partial charge in [0.05, 0.1) is 21.3 Å². The summed E-state index contributed by atoms with van der Waals surface area (Å²) in [7, 11) is 4.96. The van der Waals surface area contributed by atoms with Crippen molar-refractivity contribution in [2.75, 3.05) is 21.3 Å². The van der Waals surface area contributed by atoms with Crippen molar-refractivity contribution < 1.29 is 23.7 Å². The van der Waals surface area contributed by atoms with Crippen molar-refractivity contribution in [3.8, 4) is 17.2 Å². The Kier molecular flexibility index (Phi) is 5.69. The van der Waals surface area contributed by atoms with E-state index in [0.717, 1.165) is 33.9 Å². The number of rotatable bonds is 6. The van der Waals surface area contributed by atoms with Gasteiger partial charge in [0.15, 0.2) is 6.29 Å². The molecule has 0 amide bonds. The van der Waals surface area contributed by atoms with Crippen LogP contribution in [-0.4, -0.2) is 21.3 Å². The van der Waals surface area contributed by atoms with Crippen molar-refractivity contribution in [3.63, 3.8) is 0 Å². The minimum Gasteiger partial charge on any atom is -0.497 e. The highest BCUT2D eigenvalue weighted by molar-refractivity contribution is 5.35. The van der Waals surface area contributed by atoms with Gasteiger partial charge in [0.2, 0.25) is 0 Å². The largest absolute Gasteiger partial charge is 0.497 e. The molecule has 1 heterocycles. The highest BCUT2D eigenvalue weighted by Crippen LogP contribution is 2.48. The van der Waals surface area contributed by atoms with Gasteiger partial charge in [0.1, 0.15) is 29.5 Å². The molecule has 0 saturated carbocycles. The van der Waals surface area contributed by atoms with Gasteiger partial charge in [-0.2, -0.15) is 0 Å². The maximum atomic E-state index is 6.37. The summed E-state index contributed by atoms with van der Waals surface area (Å²) >= 11 is 0. The molecule has 0 radical (unpaired) electrons. The number of hydrogen-bond donors (Lipinski definition) is 0. The van der Waals surface area contributed by atoms with Crippen LogP contribution < -0.4 is 14.2 Å². The summed E-state index contributed by atoms with van der Waals surface area (Å²) in [6, 6.07) is 23.5. The average molecular weight is 392 g/mol. The fourth-order valence-electron chi connectivity index (χ4n) is 3.45. The van der Waals surface area contributed by atoms with Crippen LogP contribution in [-0.2, 0) is 9.47 Å². The third-order valence-electron chi connectivity index (χ3n) is 5.09. The summed E-state index contributed by atoms with van der Waals surface area (Å²) in [5.74, 6) is 2.41. The maximum Gasteiger partial charge on any atom is 0.185 e. The third kappa shape index (κ3) is 4.06. The summed E-state index contributed by atoms with van der Waals surface area (Å²) in [5.41, 5.74) is 3.01. The zero-order valence-electron chi connectivity index (χ0n) is 16.7. The molecule has 150 valence electrons. The molecule has 0 aliphatic carbocycles. The van der Waals surface area contributed by atoms with Crippen LogP contribution in [0.2, 0.25) is 0 Å². The Morgan fingerprint density at radius 1 is 0.483 bits per heavy atom. The zero-order valence-corrected chi connectivity index (χ0v) is 16.7. The van der Waals surface area contributed by atoms with Gasteiger partial charge in [-0.3, -0.25) is 0 Å². The molecule has 5 heteroatoms. The van der Waals surface area contributed by atoms with Gasteiger partial charge in [-0.1, -0.05) is 36.4 Å². The summed E-state index contributed by atoms with van der Waals surface area (Å²) in [5, 5.41) is 0. The molecular weight excluding hydrogens is 368 g/mol. The highest BCUT2D eigenvalue weighted by atomic mass is 16.7. The fraction of sp³-hybridized carbons (Fsp3) is 0.250. The molecule has 3 aromatic rings. The van der Waals surface area contributed by atoms with Gasteiger partial charge in [-0.15, -0.1) is 0 Å². The van der Waals surface area contributed by atoms with Gasteiger partial charge < -0.3 is 23.7 Å². The summed E-state index contributed by atoms with van der Waals surface area (Å²) in [4.78, 5) is 0. The summed E-state index contributed by atoms with van der Waals surface area (Å²) in [6.45, 7) is 0. The first-order valence-corrected chi connectivity index (χ1v) is 9.44. The SMILES string of the molecule is COc1ccc(C2OC(c3ccc(OC)cc3)C(c3ccc(OC)cc3)O2)cc1. The van der Waals surface area contributed by atoms with Crippen LogP contribution in [0.5, 0.6) is 17.2 Å². The molecule has 0 spiro atoms. The molecule has 3 aromatic carbocycles. The minimum absolute atomic E-state index is 0.249. The van der Waals surface area contributed by atoms with Crippen LogP contribution in [0.25, 0.3) is 0 Å². The fourth-order valence-corrected chi connectivity index (χ4v) is 3.45. The molecule has 1 aliphatic rings. The van der Waals surface area contributed by atoms with Crippen molar-refractivity contribution in [1.82, 2.24) is 0 Å². The van der Waals surface area contributed by atoms with Gasteiger partial charge in [-0.25, -0.2) is 0 Å². The second kappa shape index (κ2) is 8.55. The molecule has 0 aromatic heterocycles. The topological polar surface area (TPSA) is 46.2 Å². The smallest absolute Gasteiger partial charge is 0.185 e. The molecule has 2 unspecified atom stereocenters. The van der Waals surface area contributed by atoms with E-state index in [9.17, 15) is 0 Å². The quantitative estimate of drug-likeness (QED) is 0.574. The number of hydrogen-bond acceptors (Lipinski definition) is 5. The molecule has 5 nitrogen and oxygen atoms in total. The van der Waals surface area contributed by atoms with E-state index in [1.165, 1.54) is 0 Å². The first-order valence-electron chi connectivity index (χ1n) is 9.44. The molecule has 0 N–H and O–H groups in total. The van der Waals surface area contributed by atoms with Crippen molar-refractivity contribution >= 4 is 0 Å². The number of methoxy groups -OCH3 is 3. The third-order valence-corrected chi connectivity index (χ3v) is 5.09. The minimum atomic E-state index is -0.472. The van der Waals surface area contributed by atoms with Crippen LogP contribution in [0.4, 0.5) is 0 Å². The molecule has 0 bridgehead atoms. The Balaban J connectivity index is 1.65. The van der Waals surface area contributed by atoms with Crippen LogP contribution in [0.1, 0.15) is 35.2 Å². The van der Waals surface area contributed by atoms with Gasteiger partial charge in [-0.05, 0) is 47.5 Å². The van der Waals surface area contributed by atoms with E-state index in [0.29, 0.717) is 0 Å². The lowest BCUT2D eigenvalue weighted by Gasteiger charge is -2.18. The predicted octanol–water partition coefficient (Wildman–Crippen LogP) is 5.24. The Morgan fingerprint density at radius 3 is 1.10 bits per heavy atom. The van der Waals surface area contributed by atoms with E-state index in [1.54, 1.807) is 21.3 Å². The molecule has 1 saturated heterocycles. The van der Waals surface area contributed by atoms with Crippen LogP contribution in [0.3, 0.4) is 0 Å². The second-order valence-electron chi connectivity index (χ2n) is 6.76. The Labute approximate surface area is 170 Å². The lowest BCUT2D eigenvalue weighted by molar-refractivity contribution is -0.0698. The maximum absolute atomic E-state index is 6.37. The normalized spacial score (nSPS) is 21.0. The summed E-state index contributed by atoms with van der Waals surface area (Å²) < 4.78 is 28.6. The van der Waals surface area contributed by atoms with Crippen molar-refractivity contribution in [1.29, 1.82) is 0 Å². The lowest BCUT2D eigenvalue weighted by Crippen LogP contribution is -2.07. The van der Waals surface area contributed by atoms with Gasteiger partial charge in [0, 0.05) is 5.56 Å². The van der Waals surface area contributed by atoms with Crippen LogP contribution in [0.15, 0.2) is 72.8 Å². The standard InChI is InChI=1S/C24H24O5/c1-25-19-10-4-16(5-11-19)22-23(17-6-12-20(26-2)13-7-17)29-24(28-22)18-8-14-21(27-3)15-9-18/h4-15,22-24H,1-3H3. The molecule has 29 heavy (non-hydrogen) atoms. The Hall–Kier alpha value is -3.02. The lowest BCUT2D eigenvalue weighted by atomic mass is 9.98. The van der Waals surface area contributed by atoms with Crippen LogP contribution in [0, 0.1) is 0 Å². The average Bonchev–Trinajstić information content (AvgIpc) is 3.24. The van der Waals surface area contributed by atoms with E-state index in [2.05, 4.69) is 0 Å². The number of ether oxygens (including phenoxy) is 5. The summed E-state index contributed by atoms with van der Waals surface area (Å²) in [6.07, 6.45) is -0.970. The van der Waals surface area contributed by atoms with Gasteiger partial charge in [0.25, 0.3) is 0 Å². The van der Waals surface area contributed by atoms with E-state index in [4.69, 9.17) is 23.7 Å². The first kappa shape index (κ1) is 19.3. The van der Waals surface area contributed by atoms with Gasteiger partial charge >= 0.3 is 0 Å². The Morgan fingerprint density at radius 2 is 0.793 bits per heavy atom. The molecule has 1 fully saturated rings. The number of benzene rings is 3. The van der Waals surface area contributed by atoms with E-state index in [1.807, 2.05) is 72.8 Å². The molecular formula is C24H24O5. The van der Waals surface area contributed by atoms with E-state index in [-0.39, 0.29) is 12.2 Å². The molecule has 2 atom stereocenters. The molecule has 4 rings (SSSR count).